The molecule has 204 valence electrons. The minimum Gasteiger partial charge on any atom is -0.480 e. The van der Waals surface area contributed by atoms with Gasteiger partial charge in [0.15, 0.2) is 0 Å². The van der Waals surface area contributed by atoms with Gasteiger partial charge in [0.05, 0.1) is 12.5 Å². The molecule has 0 spiro atoms. The molecule has 1 rings (SSSR count). The van der Waals surface area contributed by atoms with Crippen LogP contribution in [0.25, 0.3) is 0 Å². The Morgan fingerprint density at radius 1 is 0.838 bits per heavy atom. The van der Waals surface area contributed by atoms with E-state index in [1.807, 2.05) is 6.26 Å². The van der Waals surface area contributed by atoms with E-state index in [9.17, 15) is 33.9 Å². The molecular formula is C23H34N6O7S. The minimum atomic E-state index is -1.45. The molecule has 0 fully saturated rings. The monoisotopic (exact) mass is 538 g/mol. The quantitative estimate of drug-likeness (QED) is 0.116. The van der Waals surface area contributed by atoms with Crippen molar-refractivity contribution in [2.75, 3.05) is 12.0 Å². The molecule has 13 nitrogen and oxygen atoms in total. The highest BCUT2D eigenvalue weighted by Gasteiger charge is 2.31. The number of primary amides is 2. The molecule has 0 aliphatic heterocycles. The summed E-state index contributed by atoms with van der Waals surface area (Å²) < 4.78 is 0. The van der Waals surface area contributed by atoms with E-state index in [1.54, 1.807) is 30.3 Å². The Bertz CT molecular complexity index is 962. The summed E-state index contributed by atoms with van der Waals surface area (Å²) in [5.74, 6) is -4.90. The second kappa shape index (κ2) is 16.2. The van der Waals surface area contributed by atoms with Crippen molar-refractivity contribution in [3.05, 3.63) is 35.9 Å². The Morgan fingerprint density at radius 3 is 1.95 bits per heavy atom. The number of thioether (sulfide) groups is 1. The van der Waals surface area contributed by atoms with Crippen LogP contribution in [-0.4, -0.2) is 76.8 Å². The van der Waals surface area contributed by atoms with E-state index in [2.05, 4.69) is 16.0 Å². The number of rotatable bonds is 17. The summed E-state index contributed by atoms with van der Waals surface area (Å²) in [6.45, 7) is 0. The fourth-order valence-corrected chi connectivity index (χ4v) is 3.70. The Hall–Kier alpha value is -3.65. The van der Waals surface area contributed by atoms with Gasteiger partial charge in [0.25, 0.3) is 0 Å². The van der Waals surface area contributed by atoms with Gasteiger partial charge in [-0.25, -0.2) is 4.79 Å². The molecule has 0 saturated heterocycles. The maximum atomic E-state index is 12.9. The van der Waals surface area contributed by atoms with Crippen LogP contribution in [0.4, 0.5) is 0 Å². The molecule has 14 heteroatoms. The Morgan fingerprint density at radius 2 is 1.41 bits per heavy atom. The first kappa shape index (κ1) is 31.4. The highest BCUT2D eigenvalue weighted by atomic mass is 32.2. The maximum absolute atomic E-state index is 12.9. The van der Waals surface area contributed by atoms with Crippen molar-refractivity contribution in [2.24, 2.45) is 17.2 Å². The normalized spacial score (nSPS) is 13.9. The predicted octanol–water partition coefficient (Wildman–Crippen LogP) is -2.01. The third-order valence-electron chi connectivity index (χ3n) is 5.22. The van der Waals surface area contributed by atoms with E-state index in [1.165, 1.54) is 11.8 Å². The van der Waals surface area contributed by atoms with Crippen molar-refractivity contribution in [3.8, 4) is 0 Å². The lowest BCUT2D eigenvalue weighted by Gasteiger charge is -2.24. The van der Waals surface area contributed by atoms with Gasteiger partial charge in [-0.2, -0.15) is 11.8 Å². The number of carbonyl (C=O) groups excluding carboxylic acids is 5. The van der Waals surface area contributed by atoms with Crippen LogP contribution in [0.5, 0.6) is 0 Å². The first-order chi connectivity index (χ1) is 17.4. The zero-order valence-electron chi connectivity index (χ0n) is 20.5. The highest BCUT2D eigenvalue weighted by molar-refractivity contribution is 7.98. The first-order valence-electron chi connectivity index (χ1n) is 11.4. The van der Waals surface area contributed by atoms with E-state index < -0.39 is 66.1 Å². The summed E-state index contributed by atoms with van der Waals surface area (Å²) in [6, 6.07) is 3.44. The van der Waals surface area contributed by atoms with Crippen LogP contribution >= 0.6 is 11.8 Å². The van der Waals surface area contributed by atoms with Gasteiger partial charge < -0.3 is 38.3 Å². The van der Waals surface area contributed by atoms with E-state index in [0.717, 1.165) is 0 Å². The van der Waals surface area contributed by atoms with E-state index in [-0.39, 0.29) is 19.3 Å². The second-order valence-electron chi connectivity index (χ2n) is 8.27. The van der Waals surface area contributed by atoms with Crippen LogP contribution in [-0.2, 0) is 35.2 Å². The van der Waals surface area contributed by atoms with Crippen LogP contribution in [0.2, 0.25) is 0 Å². The Labute approximate surface area is 218 Å². The van der Waals surface area contributed by atoms with Crippen LogP contribution < -0.4 is 33.2 Å². The van der Waals surface area contributed by atoms with Crippen LogP contribution in [0, 0.1) is 0 Å². The molecule has 0 radical (unpaired) electrons. The lowest BCUT2D eigenvalue weighted by atomic mass is 10.0. The standard InChI is InChI=1S/C23H34N6O7S/c1-37-10-9-14(24)20(32)28-16(12-19(26)31)22(34)27-15(7-8-18(25)30)21(33)29-17(23(35)36)11-13-5-3-2-4-6-13/h2-6,14-17H,7-12,24H2,1H3,(H2,25,30)(H2,26,31)(H,27,34)(H,28,32)(H,29,33)(H,35,36). The number of aliphatic carboxylic acids is 1. The Balaban J connectivity index is 3.02. The molecule has 4 atom stereocenters. The maximum Gasteiger partial charge on any atom is 0.326 e. The highest BCUT2D eigenvalue weighted by Crippen LogP contribution is 2.07. The lowest BCUT2D eigenvalue weighted by molar-refractivity contribution is -0.142. The summed E-state index contributed by atoms with van der Waals surface area (Å²) >= 11 is 1.47. The summed E-state index contributed by atoms with van der Waals surface area (Å²) in [4.78, 5) is 72.9. The van der Waals surface area contributed by atoms with E-state index >= 15 is 0 Å². The number of nitrogens with two attached hydrogens (primary N) is 3. The van der Waals surface area contributed by atoms with Gasteiger partial charge >= 0.3 is 5.97 Å². The SMILES string of the molecule is CSCCC(N)C(=O)NC(CC(N)=O)C(=O)NC(CCC(N)=O)C(=O)NC(Cc1ccccc1)C(=O)O. The summed E-state index contributed by atoms with van der Waals surface area (Å²) in [5, 5.41) is 16.6. The van der Waals surface area contributed by atoms with Crippen molar-refractivity contribution >= 4 is 47.3 Å². The third-order valence-corrected chi connectivity index (χ3v) is 5.86. The molecular weight excluding hydrogens is 504 g/mol. The number of benzene rings is 1. The topological polar surface area (TPSA) is 237 Å². The second-order valence-corrected chi connectivity index (χ2v) is 9.26. The average Bonchev–Trinajstić information content (AvgIpc) is 2.83. The number of carboxylic acid groups (broad SMARTS) is 1. The van der Waals surface area contributed by atoms with E-state index in [0.29, 0.717) is 17.7 Å². The summed E-state index contributed by atoms with van der Waals surface area (Å²) in [5.41, 5.74) is 16.9. The fourth-order valence-electron chi connectivity index (χ4n) is 3.22. The number of carbonyl (C=O) groups is 6. The molecule has 1 aromatic rings. The molecule has 0 bridgehead atoms. The van der Waals surface area contributed by atoms with Crippen molar-refractivity contribution < 1.29 is 33.9 Å². The van der Waals surface area contributed by atoms with Crippen molar-refractivity contribution in [1.29, 1.82) is 0 Å². The fraction of sp³-hybridized carbons (Fsp3) is 0.478. The van der Waals surface area contributed by atoms with Gasteiger partial charge in [-0.3, -0.25) is 24.0 Å². The lowest BCUT2D eigenvalue weighted by Crippen LogP contribution is -2.58. The third kappa shape index (κ3) is 12.2. The van der Waals surface area contributed by atoms with Crippen LogP contribution in [0.15, 0.2) is 30.3 Å². The molecule has 10 N–H and O–H groups in total. The summed E-state index contributed by atoms with van der Waals surface area (Å²) in [7, 11) is 0. The van der Waals surface area contributed by atoms with Gasteiger partial charge in [0, 0.05) is 12.8 Å². The first-order valence-corrected chi connectivity index (χ1v) is 12.8. The van der Waals surface area contributed by atoms with Crippen molar-refractivity contribution in [3.63, 3.8) is 0 Å². The average molecular weight is 539 g/mol. The van der Waals surface area contributed by atoms with Crippen LogP contribution in [0.1, 0.15) is 31.2 Å². The number of amides is 5. The van der Waals surface area contributed by atoms with Crippen molar-refractivity contribution in [1.82, 2.24) is 16.0 Å². The Kier molecular flexibility index (Phi) is 13.7. The number of hydrogen-bond donors (Lipinski definition) is 7. The van der Waals surface area contributed by atoms with Crippen LogP contribution in [0.3, 0.4) is 0 Å². The number of carboxylic acids is 1. The van der Waals surface area contributed by atoms with Gasteiger partial charge in [-0.1, -0.05) is 30.3 Å². The molecule has 37 heavy (non-hydrogen) atoms. The molecule has 5 amide bonds. The molecule has 0 aliphatic rings. The number of nitrogens with one attached hydrogen (secondary N) is 3. The van der Waals surface area contributed by atoms with Crippen molar-refractivity contribution in [2.45, 2.75) is 56.3 Å². The zero-order chi connectivity index (χ0) is 28.0. The molecule has 0 aromatic heterocycles. The summed E-state index contributed by atoms with van der Waals surface area (Å²) in [6.07, 6.45) is 0.977. The van der Waals surface area contributed by atoms with E-state index in [4.69, 9.17) is 17.2 Å². The molecule has 0 aliphatic carbocycles. The number of hydrogen-bond acceptors (Lipinski definition) is 8. The molecule has 0 heterocycles. The smallest absolute Gasteiger partial charge is 0.326 e. The largest absolute Gasteiger partial charge is 0.480 e. The predicted molar refractivity (Wildman–Crippen MR) is 137 cm³/mol. The molecule has 4 unspecified atom stereocenters. The van der Waals surface area contributed by atoms with Gasteiger partial charge in [0.2, 0.25) is 29.5 Å². The molecule has 0 saturated carbocycles. The zero-order valence-corrected chi connectivity index (χ0v) is 21.3. The van der Waals surface area contributed by atoms with Gasteiger partial charge in [-0.15, -0.1) is 0 Å². The molecule has 1 aromatic carbocycles. The van der Waals surface area contributed by atoms with Gasteiger partial charge in [-0.05, 0) is 30.4 Å². The van der Waals surface area contributed by atoms with Gasteiger partial charge in [0.1, 0.15) is 18.1 Å². The minimum absolute atomic E-state index is 0.0350.